The van der Waals surface area contributed by atoms with Gasteiger partial charge in [-0.15, -0.1) is 0 Å². The van der Waals surface area contributed by atoms with Gasteiger partial charge in [-0.25, -0.2) is 0 Å². The third-order valence-electron chi connectivity index (χ3n) is 2.75. The van der Waals surface area contributed by atoms with Gasteiger partial charge in [-0.2, -0.15) is 16.9 Å². The van der Waals surface area contributed by atoms with Crippen LogP contribution in [0.2, 0.25) is 0 Å². The molecule has 1 aliphatic rings. The first-order valence-electron chi connectivity index (χ1n) is 5.53. The fourth-order valence-corrected chi connectivity index (χ4v) is 2.78. The highest BCUT2D eigenvalue weighted by Crippen LogP contribution is 2.10. The lowest BCUT2D eigenvalue weighted by Crippen LogP contribution is -2.40. The summed E-state index contributed by atoms with van der Waals surface area (Å²) < 4.78 is 1.79. The van der Waals surface area contributed by atoms with Crippen molar-refractivity contribution in [2.45, 2.75) is 20.4 Å². The van der Waals surface area contributed by atoms with Crippen LogP contribution in [0.15, 0.2) is 6.07 Å². The summed E-state index contributed by atoms with van der Waals surface area (Å²) in [5.74, 6) is 2.30. The maximum absolute atomic E-state index is 12.0. The van der Waals surface area contributed by atoms with E-state index in [-0.39, 0.29) is 5.91 Å². The zero-order valence-electron chi connectivity index (χ0n) is 9.77. The lowest BCUT2D eigenvalue weighted by molar-refractivity contribution is -0.131. The lowest BCUT2D eigenvalue weighted by atomic mass is 10.4. The molecule has 0 spiro atoms. The van der Waals surface area contributed by atoms with E-state index in [9.17, 15) is 4.79 Å². The number of nitrogens with zero attached hydrogens (tertiary/aromatic N) is 3. The molecule has 1 saturated heterocycles. The summed E-state index contributed by atoms with van der Waals surface area (Å²) in [4.78, 5) is 13.9. The van der Waals surface area contributed by atoms with Crippen molar-refractivity contribution in [2.75, 3.05) is 24.6 Å². The smallest absolute Gasteiger partial charge is 0.244 e. The van der Waals surface area contributed by atoms with Gasteiger partial charge in [0.1, 0.15) is 6.54 Å². The summed E-state index contributed by atoms with van der Waals surface area (Å²) in [6, 6.07) is 2.00. The average molecular weight is 239 g/mol. The summed E-state index contributed by atoms with van der Waals surface area (Å²) >= 11 is 1.91. The number of rotatable bonds is 2. The standard InChI is InChI=1S/C11H17N3OS/c1-9-7-10(2)14(12-9)8-11(15)13-3-5-16-6-4-13/h7H,3-6,8H2,1-2H3. The molecule has 0 bridgehead atoms. The Kier molecular flexibility index (Phi) is 3.53. The van der Waals surface area contributed by atoms with E-state index in [2.05, 4.69) is 5.10 Å². The zero-order valence-corrected chi connectivity index (χ0v) is 10.6. The van der Waals surface area contributed by atoms with Gasteiger partial charge in [-0.3, -0.25) is 9.48 Å². The van der Waals surface area contributed by atoms with Gasteiger partial charge in [0, 0.05) is 30.3 Å². The quantitative estimate of drug-likeness (QED) is 0.775. The molecule has 1 aromatic rings. The Morgan fingerprint density at radius 2 is 2.12 bits per heavy atom. The number of amides is 1. The molecule has 88 valence electrons. The molecule has 0 aromatic carbocycles. The van der Waals surface area contributed by atoms with Gasteiger partial charge < -0.3 is 4.90 Å². The summed E-state index contributed by atoms with van der Waals surface area (Å²) in [5, 5.41) is 4.31. The highest BCUT2D eigenvalue weighted by molar-refractivity contribution is 7.99. The van der Waals surface area contributed by atoms with Crippen molar-refractivity contribution in [3.8, 4) is 0 Å². The molecule has 0 atom stereocenters. The summed E-state index contributed by atoms with van der Waals surface area (Å²) in [6.07, 6.45) is 0. The van der Waals surface area contributed by atoms with Crippen molar-refractivity contribution >= 4 is 17.7 Å². The minimum Gasteiger partial charge on any atom is -0.339 e. The van der Waals surface area contributed by atoms with Crippen LogP contribution in [-0.2, 0) is 11.3 Å². The van der Waals surface area contributed by atoms with Gasteiger partial charge in [0.25, 0.3) is 0 Å². The number of hydrogen-bond donors (Lipinski definition) is 0. The van der Waals surface area contributed by atoms with Crippen molar-refractivity contribution in [1.29, 1.82) is 0 Å². The van der Waals surface area contributed by atoms with Crippen LogP contribution in [0.4, 0.5) is 0 Å². The van der Waals surface area contributed by atoms with Gasteiger partial charge in [0.2, 0.25) is 5.91 Å². The first-order chi connectivity index (χ1) is 7.66. The van der Waals surface area contributed by atoms with E-state index in [0.717, 1.165) is 36.0 Å². The molecular weight excluding hydrogens is 222 g/mol. The monoisotopic (exact) mass is 239 g/mol. The molecule has 2 rings (SSSR count). The minimum absolute atomic E-state index is 0.187. The number of carbonyl (C=O) groups excluding carboxylic acids is 1. The van der Waals surface area contributed by atoms with Gasteiger partial charge in [0.15, 0.2) is 0 Å². The number of thioether (sulfide) groups is 1. The molecule has 4 nitrogen and oxygen atoms in total. The first-order valence-corrected chi connectivity index (χ1v) is 6.69. The molecule has 1 aromatic heterocycles. The van der Waals surface area contributed by atoms with E-state index in [1.54, 1.807) is 4.68 Å². The van der Waals surface area contributed by atoms with Crippen molar-refractivity contribution in [2.24, 2.45) is 0 Å². The highest BCUT2D eigenvalue weighted by atomic mass is 32.2. The Labute approximate surface area is 100.0 Å². The fraction of sp³-hybridized carbons (Fsp3) is 0.636. The topological polar surface area (TPSA) is 38.1 Å². The Morgan fingerprint density at radius 1 is 1.44 bits per heavy atom. The Balaban J connectivity index is 1.98. The molecule has 1 fully saturated rings. The molecule has 0 aliphatic carbocycles. The van der Waals surface area contributed by atoms with Gasteiger partial charge in [-0.05, 0) is 19.9 Å². The van der Waals surface area contributed by atoms with Crippen LogP contribution in [0.25, 0.3) is 0 Å². The second-order valence-electron chi connectivity index (χ2n) is 4.08. The Morgan fingerprint density at radius 3 is 2.69 bits per heavy atom. The van der Waals surface area contributed by atoms with Gasteiger partial charge >= 0.3 is 0 Å². The van der Waals surface area contributed by atoms with Crippen LogP contribution in [0.3, 0.4) is 0 Å². The number of aryl methyl sites for hydroxylation is 2. The van der Waals surface area contributed by atoms with Crippen molar-refractivity contribution in [3.63, 3.8) is 0 Å². The number of aromatic nitrogens is 2. The first kappa shape index (κ1) is 11.5. The zero-order chi connectivity index (χ0) is 11.5. The molecule has 1 amide bonds. The predicted octanol–water partition coefficient (Wildman–Crippen LogP) is 1.08. The maximum Gasteiger partial charge on any atom is 0.244 e. The Hall–Kier alpha value is -0.970. The van der Waals surface area contributed by atoms with Crippen molar-refractivity contribution in [3.05, 3.63) is 17.5 Å². The van der Waals surface area contributed by atoms with Gasteiger partial charge in [0.05, 0.1) is 5.69 Å². The Bertz CT molecular complexity index is 383. The summed E-state index contributed by atoms with van der Waals surface area (Å²) in [5.41, 5.74) is 2.02. The summed E-state index contributed by atoms with van der Waals surface area (Å²) in [6.45, 7) is 6.07. The van der Waals surface area contributed by atoms with E-state index >= 15 is 0 Å². The van der Waals surface area contributed by atoms with Crippen LogP contribution >= 0.6 is 11.8 Å². The van der Waals surface area contributed by atoms with Crippen LogP contribution in [0.1, 0.15) is 11.4 Å². The maximum atomic E-state index is 12.0. The number of carbonyl (C=O) groups is 1. The summed E-state index contributed by atoms with van der Waals surface area (Å²) in [7, 11) is 0. The predicted molar refractivity (Wildman–Crippen MR) is 65.6 cm³/mol. The van der Waals surface area contributed by atoms with Gasteiger partial charge in [-0.1, -0.05) is 0 Å². The SMILES string of the molecule is Cc1cc(C)n(CC(=O)N2CCSCC2)n1. The fourth-order valence-electron chi connectivity index (χ4n) is 1.88. The molecule has 5 heteroatoms. The van der Waals surface area contributed by atoms with Crippen LogP contribution in [-0.4, -0.2) is 45.2 Å². The van der Waals surface area contributed by atoms with E-state index in [1.165, 1.54) is 0 Å². The van der Waals surface area contributed by atoms with Crippen molar-refractivity contribution < 1.29 is 4.79 Å². The van der Waals surface area contributed by atoms with Crippen molar-refractivity contribution in [1.82, 2.24) is 14.7 Å². The largest absolute Gasteiger partial charge is 0.339 e. The molecule has 0 unspecified atom stereocenters. The normalized spacial score (nSPS) is 16.5. The molecule has 0 saturated carbocycles. The molecule has 1 aliphatic heterocycles. The number of hydrogen-bond acceptors (Lipinski definition) is 3. The molecular formula is C11H17N3OS. The van der Waals surface area contributed by atoms with E-state index in [4.69, 9.17) is 0 Å². The molecule has 16 heavy (non-hydrogen) atoms. The molecule has 0 radical (unpaired) electrons. The molecule has 2 heterocycles. The second kappa shape index (κ2) is 4.91. The highest BCUT2D eigenvalue weighted by Gasteiger charge is 2.17. The second-order valence-corrected chi connectivity index (χ2v) is 5.30. The third-order valence-corrected chi connectivity index (χ3v) is 3.69. The van der Waals surface area contributed by atoms with E-state index in [1.807, 2.05) is 36.6 Å². The molecule has 0 N–H and O–H groups in total. The third kappa shape index (κ3) is 2.58. The van der Waals surface area contributed by atoms with E-state index < -0.39 is 0 Å². The van der Waals surface area contributed by atoms with Crippen LogP contribution < -0.4 is 0 Å². The minimum atomic E-state index is 0.187. The van der Waals surface area contributed by atoms with Crippen LogP contribution in [0, 0.1) is 13.8 Å². The van der Waals surface area contributed by atoms with E-state index in [0.29, 0.717) is 6.54 Å². The van der Waals surface area contributed by atoms with Crippen LogP contribution in [0.5, 0.6) is 0 Å². The average Bonchev–Trinajstić information content (AvgIpc) is 2.59. The lowest BCUT2D eigenvalue weighted by Gasteiger charge is -2.26.